The fourth-order valence-corrected chi connectivity index (χ4v) is 12.5. The van der Waals surface area contributed by atoms with Crippen LogP contribution in [-0.2, 0) is 0 Å². The largest absolute Gasteiger partial charge is 0.490 e. The molecule has 0 amide bonds. The summed E-state index contributed by atoms with van der Waals surface area (Å²) in [7, 11) is 0. The van der Waals surface area contributed by atoms with Crippen LogP contribution in [0.15, 0.2) is 106 Å². The van der Waals surface area contributed by atoms with Gasteiger partial charge in [0, 0.05) is 51.5 Å². The summed E-state index contributed by atoms with van der Waals surface area (Å²) in [5.74, 6) is 16.4. The summed E-state index contributed by atoms with van der Waals surface area (Å²) in [6.45, 7) is 5.85. The second-order valence-electron chi connectivity index (χ2n) is 15.3. The van der Waals surface area contributed by atoms with E-state index in [0.717, 1.165) is 72.4 Å². The highest BCUT2D eigenvalue weighted by Gasteiger charge is 2.32. The molecule has 6 heterocycles. The molecule has 62 heavy (non-hydrogen) atoms. The average Bonchev–Trinajstić information content (AvgIpc) is 4.13. The molecule has 0 aliphatic heterocycles. The molecule has 8 rings (SSSR count). The van der Waals surface area contributed by atoms with Crippen molar-refractivity contribution in [2.24, 2.45) is 0 Å². The van der Waals surface area contributed by atoms with Gasteiger partial charge in [-0.3, -0.25) is 0 Å². The molecule has 0 saturated heterocycles. The van der Waals surface area contributed by atoms with E-state index in [1.165, 1.54) is 88.6 Å². The fraction of sp³-hybridized carbons (Fsp3) is 0.296. The van der Waals surface area contributed by atoms with Crippen LogP contribution >= 0.6 is 68.0 Å². The number of hydrogen-bond acceptors (Lipinski definition) is 8. The Balaban J connectivity index is 1.27. The van der Waals surface area contributed by atoms with E-state index in [1.807, 2.05) is 0 Å². The van der Waals surface area contributed by atoms with E-state index in [9.17, 15) is 0 Å². The molecule has 0 saturated carbocycles. The second kappa shape index (κ2) is 22.8. The van der Waals surface area contributed by atoms with Crippen molar-refractivity contribution in [3.05, 3.63) is 137 Å². The number of ether oxygens (including phenoxy) is 2. The Labute approximate surface area is 392 Å². The zero-order valence-corrected chi connectivity index (χ0v) is 40.5. The monoisotopic (exact) mass is 924 g/mol. The van der Waals surface area contributed by atoms with Crippen LogP contribution in [0.4, 0.5) is 0 Å². The van der Waals surface area contributed by atoms with Gasteiger partial charge in [0.25, 0.3) is 0 Å². The summed E-state index contributed by atoms with van der Waals surface area (Å²) >= 11 is 10.5. The molecule has 0 spiro atoms. The van der Waals surface area contributed by atoms with Crippen LogP contribution in [0.3, 0.4) is 0 Å². The first-order valence-corrected chi connectivity index (χ1v) is 27.2. The molecule has 0 fully saturated rings. The minimum absolute atomic E-state index is 0.655. The molecule has 6 aromatic heterocycles. The van der Waals surface area contributed by atoms with Crippen molar-refractivity contribution in [3.63, 3.8) is 0 Å². The molecule has 2 nitrogen and oxygen atoms in total. The first-order chi connectivity index (χ1) is 30.7. The molecule has 8 heteroatoms. The fourth-order valence-electron chi connectivity index (χ4n) is 7.61. The minimum atomic E-state index is 0.655. The molecule has 1 aliphatic carbocycles. The molecule has 1 aromatic carbocycles. The lowest BCUT2D eigenvalue weighted by molar-refractivity contribution is 0.258. The Morgan fingerprint density at radius 3 is 1.55 bits per heavy atom. The van der Waals surface area contributed by atoms with E-state index in [2.05, 4.69) is 144 Å². The number of thiophene rings is 6. The van der Waals surface area contributed by atoms with Crippen molar-refractivity contribution in [1.29, 1.82) is 0 Å². The van der Waals surface area contributed by atoms with Gasteiger partial charge in [0.1, 0.15) is 0 Å². The smallest absolute Gasteiger partial charge is 0.161 e. The van der Waals surface area contributed by atoms with Gasteiger partial charge in [-0.25, -0.2) is 0 Å². The minimum Gasteiger partial charge on any atom is -0.490 e. The quantitative estimate of drug-likeness (QED) is 0.0560. The van der Waals surface area contributed by atoms with Gasteiger partial charge in [-0.2, -0.15) is 0 Å². The Bertz CT molecular complexity index is 2660. The summed E-state index contributed by atoms with van der Waals surface area (Å²) < 4.78 is 13.5. The van der Waals surface area contributed by atoms with E-state index in [-0.39, 0.29) is 0 Å². The summed E-state index contributed by atoms with van der Waals surface area (Å²) in [5.41, 5.74) is 6.40. The van der Waals surface area contributed by atoms with Gasteiger partial charge in [0.05, 0.1) is 28.5 Å². The average molecular weight is 925 g/mol. The Kier molecular flexibility index (Phi) is 16.3. The maximum absolute atomic E-state index is 6.77. The maximum atomic E-state index is 6.77. The third kappa shape index (κ3) is 11.2. The molecular weight excluding hydrogens is 873 g/mol. The van der Waals surface area contributed by atoms with Crippen LogP contribution in [0.25, 0.3) is 41.8 Å². The highest BCUT2D eigenvalue weighted by molar-refractivity contribution is 7.22. The number of unbranched alkanes of at least 4 members (excludes halogenated alkanes) is 10. The number of rotatable bonds is 20. The van der Waals surface area contributed by atoms with Crippen molar-refractivity contribution in [3.8, 4) is 54.7 Å². The third-order valence-electron chi connectivity index (χ3n) is 10.8. The molecule has 0 radical (unpaired) electrons. The van der Waals surface area contributed by atoms with Gasteiger partial charge in [-0.05, 0) is 101 Å². The van der Waals surface area contributed by atoms with Crippen molar-refractivity contribution in [1.82, 2.24) is 0 Å². The van der Waals surface area contributed by atoms with E-state index < -0.39 is 0 Å². The van der Waals surface area contributed by atoms with Crippen LogP contribution in [0.2, 0.25) is 0 Å². The highest BCUT2D eigenvalue weighted by Crippen LogP contribution is 2.53. The maximum Gasteiger partial charge on any atom is 0.161 e. The normalized spacial score (nSPS) is 12.8. The molecular formula is C54H52O2S6. The molecule has 0 N–H and O–H groups in total. The topological polar surface area (TPSA) is 18.5 Å². The van der Waals surface area contributed by atoms with E-state index in [0.29, 0.717) is 13.2 Å². The van der Waals surface area contributed by atoms with E-state index in [4.69, 9.17) is 9.47 Å². The first kappa shape index (κ1) is 44.2. The van der Waals surface area contributed by atoms with Gasteiger partial charge >= 0.3 is 0 Å². The zero-order valence-electron chi connectivity index (χ0n) is 35.6. The molecule has 0 unspecified atom stereocenters. The summed E-state index contributed by atoms with van der Waals surface area (Å²) in [5, 5.41) is 8.58. The SMILES string of the molecule is CCCCCCCCOc1cc2c(cc1OCCCCCCCC)/C(=C(/C#Cc1ccc(-c3cccs3)s1)c1cccs1)C(c1cccs1)=C2C#Cc1ccc(-c2cccs2)s1. The highest BCUT2D eigenvalue weighted by atomic mass is 32.1. The predicted molar refractivity (Wildman–Crippen MR) is 275 cm³/mol. The van der Waals surface area contributed by atoms with Gasteiger partial charge in [0.15, 0.2) is 11.5 Å². The Morgan fingerprint density at radius 2 is 1.00 bits per heavy atom. The van der Waals surface area contributed by atoms with Gasteiger partial charge in [-0.1, -0.05) is 126 Å². The lowest BCUT2D eigenvalue weighted by Gasteiger charge is -2.16. The van der Waals surface area contributed by atoms with Gasteiger partial charge in [0.2, 0.25) is 0 Å². The lowest BCUT2D eigenvalue weighted by atomic mass is 9.94. The number of fused-ring (bicyclic) bond motifs is 1. The molecule has 0 bridgehead atoms. The van der Waals surface area contributed by atoms with Crippen molar-refractivity contribution in [2.45, 2.75) is 90.9 Å². The Morgan fingerprint density at radius 1 is 0.484 bits per heavy atom. The molecule has 0 atom stereocenters. The third-order valence-corrected chi connectivity index (χ3v) is 16.7. The van der Waals surface area contributed by atoms with Crippen LogP contribution < -0.4 is 9.47 Å². The van der Waals surface area contributed by atoms with E-state index >= 15 is 0 Å². The van der Waals surface area contributed by atoms with Crippen LogP contribution in [0, 0.1) is 23.7 Å². The molecule has 316 valence electrons. The number of allylic oxidation sites excluding steroid dienone is 4. The predicted octanol–water partition coefficient (Wildman–Crippen LogP) is 17.8. The molecule has 1 aliphatic rings. The van der Waals surface area contributed by atoms with Crippen molar-refractivity contribution < 1.29 is 9.47 Å². The summed E-state index contributed by atoms with van der Waals surface area (Å²) in [4.78, 5) is 9.42. The first-order valence-electron chi connectivity index (χ1n) is 22.0. The summed E-state index contributed by atoms with van der Waals surface area (Å²) in [6, 6.07) is 30.5. The second-order valence-corrected chi connectivity index (χ2v) is 21.3. The van der Waals surface area contributed by atoms with Crippen LogP contribution in [0.5, 0.6) is 11.5 Å². The van der Waals surface area contributed by atoms with Crippen LogP contribution in [0.1, 0.15) is 122 Å². The van der Waals surface area contributed by atoms with Crippen LogP contribution in [-0.4, -0.2) is 13.2 Å². The zero-order chi connectivity index (χ0) is 42.4. The van der Waals surface area contributed by atoms with Crippen molar-refractivity contribution >= 4 is 90.3 Å². The standard InChI is InChI=1S/C54H52O2S6/c1-3-5-7-9-11-13-31-55-45-37-43-41(27-23-39-25-29-50(61-39)48-20-16-34-58-48)54(52-22-18-36-60-52)53(44(43)38-46(45)56-32-14-12-10-8-6-4-2)42(47-19-15-33-57-47)28-24-40-26-30-51(62-40)49-21-17-35-59-49/h15-22,25-26,29-30,33-38H,3-14,31-32H2,1-2H3/b53-42+. The summed E-state index contributed by atoms with van der Waals surface area (Å²) in [6.07, 6.45) is 14.5. The molecule has 7 aromatic rings. The number of benzene rings is 1. The van der Waals surface area contributed by atoms with E-state index in [1.54, 1.807) is 68.0 Å². The number of hydrogen-bond donors (Lipinski definition) is 0. The van der Waals surface area contributed by atoms with Gasteiger partial charge < -0.3 is 9.47 Å². The van der Waals surface area contributed by atoms with Crippen molar-refractivity contribution in [2.75, 3.05) is 13.2 Å². The Hall–Kier alpha value is -4.38. The lowest BCUT2D eigenvalue weighted by Crippen LogP contribution is -2.04. The van der Waals surface area contributed by atoms with Gasteiger partial charge in [-0.15, -0.1) is 68.0 Å².